The lowest BCUT2D eigenvalue weighted by Gasteiger charge is -2.06. The van der Waals surface area contributed by atoms with E-state index in [1.165, 1.54) is 148 Å². The molecule has 0 aromatic rings. The first-order chi connectivity index (χ1) is 16.6. The van der Waals surface area contributed by atoms with Crippen molar-refractivity contribution in [2.45, 2.75) is 182 Å². The predicted octanol–water partition coefficient (Wildman–Crippen LogP) is 10.8. The average Bonchev–Trinajstić information content (AvgIpc) is 2.85. The van der Waals surface area contributed by atoms with Gasteiger partial charge in [0, 0.05) is 12.5 Å². The summed E-state index contributed by atoms with van der Waals surface area (Å²) in [6.07, 6.45) is 34.0. The molecule has 0 bridgehead atoms. The minimum Gasteiger partial charge on any atom is -0.396 e. The molecule has 0 spiro atoms. The molecule has 0 fully saturated rings. The fourth-order valence-electron chi connectivity index (χ4n) is 4.45. The van der Waals surface area contributed by atoms with Crippen LogP contribution in [0.1, 0.15) is 182 Å². The number of rotatable bonds is 26. The first-order valence-corrected chi connectivity index (χ1v) is 15.7. The standard InChI is InChI=1S/C16H34O.C16H32O/c2*1-3-4-5-6-7-8-9-10-11-12-13-14-16(2)15-17/h16-17H,3-15H2,1-2H3;15-16H,3-14H2,1-2H3/t2*16-/m11/s1. The Morgan fingerprint density at radius 2 is 0.794 bits per heavy atom. The maximum Gasteiger partial charge on any atom is 0.122 e. The van der Waals surface area contributed by atoms with Crippen LogP contribution < -0.4 is 0 Å². The van der Waals surface area contributed by atoms with Gasteiger partial charge in [-0.3, -0.25) is 0 Å². The molecule has 2 atom stereocenters. The summed E-state index contributed by atoms with van der Waals surface area (Å²) >= 11 is 0. The largest absolute Gasteiger partial charge is 0.396 e. The van der Waals surface area contributed by atoms with Gasteiger partial charge >= 0.3 is 0 Å². The van der Waals surface area contributed by atoms with Crippen molar-refractivity contribution in [3.05, 3.63) is 0 Å². The number of hydrogen-bond acceptors (Lipinski definition) is 2. The second kappa shape index (κ2) is 32.6. The molecule has 0 aliphatic carbocycles. The Bertz CT molecular complexity index is 355. The highest BCUT2D eigenvalue weighted by Crippen LogP contribution is 2.14. The third kappa shape index (κ3) is 33.8. The van der Waals surface area contributed by atoms with Crippen LogP contribution >= 0.6 is 0 Å². The topological polar surface area (TPSA) is 37.3 Å². The van der Waals surface area contributed by atoms with E-state index in [2.05, 4.69) is 20.8 Å². The first-order valence-electron chi connectivity index (χ1n) is 15.7. The number of aliphatic hydroxyl groups is 1. The van der Waals surface area contributed by atoms with Crippen LogP contribution in [0.15, 0.2) is 0 Å². The van der Waals surface area contributed by atoms with Gasteiger partial charge in [0.25, 0.3) is 0 Å². The van der Waals surface area contributed by atoms with Crippen molar-refractivity contribution in [3.63, 3.8) is 0 Å². The highest BCUT2D eigenvalue weighted by Gasteiger charge is 2.00. The van der Waals surface area contributed by atoms with Gasteiger partial charge in [-0.1, -0.05) is 169 Å². The van der Waals surface area contributed by atoms with Crippen LogP contribution in [0, 0.1) is 11.8 Å². The Labute approximate surface area is 216 Å². The van der Waals surface area contributed by atoms with Crippen molar-refractivity contribution in [2.24, 2.45) is 11.8 Å². The van der Waals surface area contributed by atoms with E-state index >= 15 is 0 Å². The van der Waals surface area contributed by atoms with E-state index in [4.69, 9.17) is 5.11 Å². The van der Waals surface area contributed by atoms with Crippen LogP contribution in [0.25, 0.3) is 0 Å². The minimum atomic E-state index is 0.272. The first kappa shape index (κ1) is 35.8. The Balaban J connectivity index is 0. The molecule has 0 aliphatic rings. The molecule has 0 saturated carbocycles. The molecule has 0 aromatic heterocycles. The maximum atomic E-state index is 10.4. The van der Waals surface area contributed by atoms with Gasteiger partial charge in [0.05, 0.1) is 0 Å². The minimum absolute atomic E-state index is 0.272. The molecule has 0 saturated heterocycles. The molecule has 206 valence electrons. The number of aldehydes is 1. The van der Waals surface area contributed by atoms with E-state index in [0.29, 0.717) is 12.5 Å². The van der Waals surface area contributed by atoms with E-state index in [1.807, 2.05) is 6.92 Å². The summed E-state index contributed by atoms with van der Waals surface area (Å²) in [6.45, 7) is 9.06. The van der Waals surface area contributed by atoms with E-state index in [9.17, 15) is 4.79 Å². The monoisotopic (exact) mass is 483 g/mol. The number of carbonyl (C=O) groups is 1. The molecular formula is C32H66O2. The van der Waals surface area contributed by atoms with Crippen LogP contribution in [0.2, 0.25) is 0 Å². The summed E-state index contributed by atoms with van der Waals surface area (Å²) in [5.74, 6) is 0.780. The molecule has 0 rings (SSSR count). The molecule has 1 N–H and O–H groups in total. The lowest BCUT2D eigenvalue weighted by molar-refractivity contribution is -0.110. The highest BCUT2D eigenvalue weighted by molar-refractivity contribution is 5.52. The normalized spacial score (nSPS) is 12.7. The van der Waals surface area contributed by atoms with Crippen LogP contribution in [-0.4, -0.2) is 18.0 Å². The van der Waals surface area contributed by atoms with Crippen LogP contribution in [0.4, 0.5) is 0 Å². The van der Waals surface area contributed by atoms with Gasteiger partial charge < -0.3 is 9.90 Å². The third-order valence-corrected chi connectivity index (χ3v) is 7.11. The van der Waals surface area contributed by atoms with Crippen LogP contribution in [0.3, 0.4) is 0 Å². The van der Waals surface area contributed by atoms with Gasteiger partial charge in [0.15, 0.2) is 0 Å². The van der Waals surface area contributed by atoms with Gasteiger partial charge in [-0.05, 0) is 18.8 Å². The second-order valence-electron chi connectivity index (χ2n) is 11.0. The van der Waals surface area contributed by atoms with E-state index in [-0.39, 0.29) is 5.92 Å². The zero-order chi connectivity index (χ0) is 25.5. The number of carbonyl (C=O) groups excluding carboxylic acids is 1. The van der Waals surface area contributed by atoms with Crippen molar-refractivity contribution in [1.82, 2.24) is 0 Å². The molecular weight excluding hydrogens is 416 g/mol. The Kier molecular flexibility index (Phi) is 34.3. The fraction of sp³-hybridized carbons (Fsp3) is 0.969. The van der Waals surface area contributed by atoms with Gasteiger partial charge in [-0.2, -0.15) is 0 Å². The summed E-state index contributed by atoms with van der Waals surface area (Å²) in [5.41, 5.74) is 0. The number of unbranched alkanes of at least 4 members (excludes halogenated alkanes) is 20. The molecule has 0 aromatic carbocycles. The van der Waals surface area contributed by atoms with Crippen molar-refractivity contribution >= 4 is 6.29 Å². The number of aliphatic hydroxyl groups excluding tert-OH is 1. The summed E-state index contributed by atoms with van der Waals surface area (Å²) in [5, 5.41) is 8.90. The average molecular weight is 483 g/mol. The number of hydrogen-bond donors (Lipinski definition) is 1. The highest BCUT2D eigenvalue weighted by atomic mass is 16.3. The smallest absolute Gasteiger partial charge is 0.122 e. The molecule has 0 unspecified atom stereocenters. The SMILES string of the molecule is CCCCCCCCCCCCC[C@@H](C)C=O.CCCCCCCCCCCCC[C@@H](C)CO. The van der Waals surface area contributed by atoms with Gasteiger partial charge in [0.2, 0.25) is 0 Å². The van der Waals surface area contributed by atoms with Gasteiger partial charge in [-0.25, -0.2) is 0 Å². The summed E-state index contributed by atoms with van der Waals surface area (Å²) < 4.78 is 0. The Morgan fingerprint density at radius 3 is 1.09 bits per heavy atom. The van der Waals surface area contributed by atoms with Gasteiger partial charge in [-0.15, -0.1) is 0 Å². The van der Waals surface area contributed by atoms with Crippen LogP contribution in [-0.2, 0) is 4.79 Å². The summed E-state index contributed by atoms with van der Waals surface area (Å²) in [6, 6.07) is 0. The summed E-state index contributed by atoms with van der Waals surface area (Å²) in [4.78, 5) is 10.4. The Morgan fingerprint density at radius 1 is 0.500 bits per heavy atom. The summed E-state index contributed by atoms with van der Waals surface area (Å²) in [7, 11) is 0. The van der Waals surface area contributed by atoms with Crippen molar-refractivity contribution < 1.29 is 9.90 Å². The van der Waals surface area contributed by atoms with Gasteiger partial charge in [0.1, 0.15) is 6.29 Å². The quantitative estimate of drug-likeness (QED) is 0.0982. The second-order valence-corrected chi connectivity index (χ2v) is 11.0. The molecule has 0 radical (unpaired) electrons. The van der Waals surface area contributed by atoms with E-state index in [0.717, 1.165) is 12.7 Å². The molecule has 2 heteroatoms. The van der Waals surface area contributed by atoms with Crippen molar-refractivity contribution in [3.8, 4) is 0 Å². The van der Waals surface area contributed by atoms with E-state index < -0.39 is 0 Å². The fourth-order valence-corrected chi connectivity index (χ4v) is 4.45. The zero-order valence-corrected chi connectivity index (χ0v) is 24.3. The maximum absolute atomic E-state index is 10.4. The third-order valence-electron chi connectivity index (χ3n) is 7.11. The predicted molar refractivity (Wildman–Crippen MR) is 154 cm³/mol. The Hall–Kier alpha value is -0.370. The van der Waals surface area contributed by atoms with Crippen molar-refractivity contribution in [2.75, 3.05) is 6.61 Å². The molecule has 2 nitrogen and oxygen atoms in total. The zero-order valence-electron chi connectivity index (χ0n) is 24.3. The van der Waals surface area contributed by atoms with Crippen molar-refractivity contribution in [1.29, 1.82) is 0 Å². The lowest BCUT2D eigenvalue weighted by Crippen LogP contribution is -1.99. The van der Waals surface area contributed by atoms with E-state index in [1.54, 1.807) is 0 Å². The lowest BCUT2D eigenvalue weighted by atomic mass is 10.0. The molecule has 0 aliphatic heterocycles. The molecule has 34 heavy (non-hydrogen) atoms. The molecule has 0 amide bonds. The van der Waals surface area contributed by atoms with Crippen LogP contribution in [0.5, 0.6) is 0 Å². The molecule has 0 heterocycles.